The van der Waals surface area contributed by atoms with Gasteiger partial charge in [0, 0.05) is 11.6 Å². The van der Waals surface area contributed by atoms with Crippen molar-refractivity contribution < 1.29 is 37.0 Å². The van der Waals surface area contributed by atoms with Crippen LogP contribution in [0, 0.1) is 0 Å². The van der Waals surface area contributed by atoms with E-state index >= 15 is 0 Å². The zero-order valence-corrected chi connectivity index (χ0v) is 15.3. The number of pyridine rings is 1. The minimum atomic E-state index is -4.97. The molecule has 1 aliphatic rings. The lowest BCUT2D eigenvalue weighted by molar-refractivity contribution is -0.144. The van der Waals surface area contributed by atoms with Crippen LogP contribution in [0.1, 0.15) is 33.3 Å². The second-order valence-corrected chi connectivity index (χ2v) is 6.24. The van der Waals surface area contributed by atoms with Crippen LogP contribution in [0.2, 0.25) is 0 Å². The molecule has 158 valence electrons. The Morgan fingerprint density at radius 2 is 1.77 bits per heavy atom. The van der Waals surface area contributed by atoms with Gasteiger partial charge in [-0.2, -0.15) is 13.2 Å². The van der Waals surface area contributed by atoms with E-state index < -0.39 is 47.1 Å². The predicted molar refractivity (Wildman–Crippen MR) is 95.4 cm³/mol. The monoisotopic (exact) mass is 425 g/mol. The number of alkyl halides is 3. The number of nitrogens with one attached hydrogen (secondary N) is 1. The van der Waals surface area contributed by atoms with Gasteiger partial charge < -0.3 is 20.5 Å². The van der Waals surface area contributed by atoms with Crippen LogP contribution in [-0.2, 0) is 17.5 Å². The Bertz CT molecular complexity index is 1120. The van der Waals surface area contributed by atoms with E-state index in [2.05, 4.69) is 5.32 Å². The first-order valence-corrected chi connectivity index (χ1v) is 8.34. The van der Waals surface area contributed by atoms with Gasteiger partial charge in [0.05, 0.1) is 5.69 Å². The summed E-state index contributed by atoms with van der Waals surface area (Å²) in [5, 5.41) is 2.29. The largest absolute Gasteiger partial charge is 0.454 e. The van der Waals surface area contributed by atoms with Crippen LogP contribution in [0.3, 0.4) is 0 Å². The third-order valence-corrected chi connectivity index (χ3v) is 4.20. The first-order chi connectivity index (χ1) is 14.0. The number of rotatable bonds is 5. The lowest BCUT2D eigenvalue weighted by atomic mass is 10.1. The van der Waals surface area contributed by atoms with Gasteiger partial charge in [0.1, 0.15) is 17.8 Å². The number of aromatic nitrogens is 1. The first-order valence-electron chi connectivity index (χ1n) is 8.34. The molecule has 0 radical (unpaired) electrons. The molecule has 0 bridgehead atoms. The van der Waals surface area contributed by atoms with Crippen molar-refractivity contribution in [3.05, 3.63) is 51.4 Å². The minimum absolute atomic E-state index is 0.0295. The van der Waals surface area contributed by atoms with E-state index in [0.717, 1.165) is 0 Å². The number of primary amides is 1. The average Bonchev–Trinajstić information content (AvgIpc) is 3.08. The molecule has 0 atom stereocenters. The summed E-state index contributed by atoms with van der Waals surface area (Å²) in [5.41, 5.74) is 1.48. The fourth-order valence-electron chi connectivity index (χ4n) is 2.84. The minimum Gasteiger partial charge on any atom is -0.454 e. The molecule has 0 aliphatic carbocycles. The van der Waals surface area contributed by atoms with Gasteiger partial charge in [-0.25, -0.2) is 0 Å². The number of carbonyl (C=O) groups excluding carboxylic acids is 3. The van der Waals surface area contributed by atoms with Crippen LogP contribution in [-0.4, -0.2) is 29.0 Å². The van der Waals surface area contributed by atoms with Gasteiger partial charge in [-0.15, -0.1) is 0 Å². The lowest BCUT2D eigenvalue weighted by Crippen LogP contribution is -2.37. The van der Waals surface area contributed by atoms with Crippen molar-refractivity contribution in [2.75, 3.05) is 12.1 Å². The number of nitrogens with two attached hydrogens (primary N) is 1. The number of amides is 2. The van der Waals surface area contributed by atoms with Gasteiger partial charge in [-0.1, -0.05) is 0 Å². The molecule has 1 aromatic heterocycles. The third kappa shape index (κ3) is 3.97. The topological polar surface area (TPSA) is 130 Å². The van der Waals surface area contributed by atoms with E-state index in [0.29, 0.717) is 12.1 Å². The standard InChI is InChI=1S/C18H14F3N3O6/c1-8(25)10-4-12-13(30-7-29-12)5-11(10)23-15(26)6-24-14(18(19,20)21)3-2-9(16(22)27)17(24)28/h2-5H,6-7H2,1H3,(H2,22,27)(H,23,26). The Labute approximate surface area is 166 Å². The molecule has 0 fully saturated rings. The number of hydrogen-bond donors (Lipinski definition) is 2. The number of halogens is 3. The molecule has 0 unspecified atom stereocenters. The van der Waals surface area contributed by atoms with Crippen molar-refractivity contribution in [2.24, 2.45) is 5.73 Å². The van der Waals surface area contributed by atoms with Crippen LogP contribution in [0.4, 0.5) is 18.9 Å². The zero-order chi connectivity index (χ0) is 22.2. The van der Waals surface area contributed by atoms with Gasteiger partial charge in [0.25, 0.3) is 11.5 Å². The molecule has 0 saturated heterocycles. The summed E-state index contributed by atoms with van der Waals surface area (Å²) >= 11 is 0. The molecule has 0 saturated carbocycles. The molecule has 3 rings (SSSR count). The fourth-order valence-corrected chi connectivity index (χ4v) is 2.84. The van der Waals surface area contributed by atoms with E-state index in [9.17, 15) is 32.3 Å². The number of carbonyl (C=O) groups is 3. The maximum Gasteiger partial charge on any atom is 0.431 e. The fraction of sp³-hybridized carbons (Fsp3) is 0.222. The molecule has 30 heavy (non-hydrogen) atoms. The molecule has 12 heteroatoms. The number of Topliss-reactive ketones (excluding diaryl/α,β-unsaturated/α-hetero) is 1. The van der Waals surface area contributed by atoms with Crippen LogP contribution in [0.5, 0.6) is 11.5 Å². The Balaban J connectivity index is 1.98. The van der Waals surface area contributed by atoms with Crippen LogP contribution in [0.25, 0.3) is 0 Å². The van der Waals surface area contributed by atoms with Crippen molar-refractivity contribution in [2.45, 2.75) is 19.6 Å². The summed E-state index contributed by atoms with van der Waals surface area (Å²) in [6, 6.07) is 3.73. The van der Waals surface area contributed by atoms with E-state index in [1.807, 2.05) is 0 Å². The molecular weight excluding hydrogens is 411 g/mol. The van der Waals surface area contributed by atoms with Crippen molar-refractivity contribution >= 4 is 23.3 Å². The number of hydrogen-bond acceptors (Lipinski definition) is 6. The first kappa shape index (κ1) is 20.9. The summed E-state index contributed by atoms with van der Waals surface area (Å²) in [6.45, 7) is 0.0324. The second kappa shape index (κ2) is 7.54. The van der Waals surface area contributed by atoms with Crippen LogP contribution < -0.4 is 26.1 Å². The Morgan fingerprint density at radius 3 is 2.33 bits per heavy atom. The zero-order valence-electron chi connectivity index (χ0n) is 15.3. The van der Waals surface area contributed by atoms with Crippen LogP contribution >= 0.6 is 0 Å². The molecule has 1 aliphatic heterocycles. The van der Waals surface area contributed by atoms with Crippen molar-refractivity contribution in [1.29, 1.82) is 0 Å². The lowest BCUT2D eigenvalue weighted by Gasteiger charge is -2.16. The van der Waals surface area contributed by atoms with Gasteiger partial charge in [0.15, 0.2) is 17.3 Å². The van der Waals surface area contributed by atoms with Gasteiger partial charge in [-0.05, 0) is 25.1 Å². The van der Waals surface area contributed by atoms with Crippen molar-refractivity contribution in [3.8, 4) is 11.5 Å². The quantitative estimate of drug-likeness (QED) is 0.699. The third-order valence-electron chi connectivity index (χ3n) is 4.20. The molecule has 2 aromatic rings. The van der Waals surface area contributed by atoms with Crippen molar-refractivity contribution in [1.82, 2.24) is 4.57 Å². The average molecular weight is 425 g/mol. The number of ketones is 1. The Hall–Kier alpha value is -3.83. The molecular formula is C18H14F3N3O6. The summed E-state index contributed by atoms with van der Waals surface area (Å²) in [4.78, 5) is 47.9. The number of nitrogens with zero attached hydrogens (tertiary/aromatic N) is 1. The summed E-state index contributed by atoms with van der Waals surface area (Å²) in [6.07, 6.45) is -4.97. The molecule has 9 nitrogen and oxygen atoms in total. The van der Waals surface area contributed by atoms with E-state index in [1.54, 1.807) is 0 Å². The highest BCUT2D eigenvalue weighted by Gasteiger charge is 2.35. The Kier molecular flexibility index (Phi) is 5.25. The summed E-state index contributed by atoms with van der Waals surface area (Å²) in [7, 11) is 0. The number of anilines is 1. The summed E-state index contributed by atoms with van der Waals surface area (Å²) in [5.74, 6) is -2.25. The molecule has 0 spiro atoms. The number of ether oxygens (including phenoxy) is 2. The number of benzene rings is 1. The van der Waals surface area contributed by atoms with Gasteiger partial charge >= 0.3 is 6.18 Å². The van der Waals surface area contributed by atoms with E-state index in [-0.39, 0.29) is 34.1 Å². The van der Waals surface area contributed by atoms with E-state index in [4.69, 9.17) is 15.2 Å². The summed E-state index contributed by atoms with van der Waals surface area (Å²) < 4.78 is 50.2. The highest BCUT2D eigenvalue weighted by molar-refractivity contribution is 6.04. The molecule has 2 heterocycles. The molecule has 1 aromatic carbocycles. The molecule has 2 amide bonds. The maximum atomic E-state index is 13.3. The van der Waals surface area contributed by atoms with Gasteiger partial charge in [0.2, 0.25) is 12.7 Å². The normalized spacial score (nSPS) is 12.5. The number of fused-ring (bicyclic) bond motifs is 1. The maximum absolute atomic E-state index is 13.3. The predicted octanol–water partition coefficient (Wildman–Crippen LogP) is 1.54. The highest BCUT2D eigenvalue weighted by atomic mass is 19.4. The van der Waals surface area contributed by atoms with Crippen LogP contribution in [0.15, 0.2) is 29.1 Å². The van der Waals surface area contributed by atoms with Gasteiger partial charge in [-0.3, -0.25) is 23.7 Å². The van der Waals surface area contributed by atoms with E-state index in [1.165, 1.54) is 19.1 Å². The molecule has 3 N–H and O–H groups in total. The second-order valence-electron chi connectivity index (χ2n) is 6.24. The highest BCUT2D eigenvalue weighted by Crippen LogP contribution is 2.37. The SMILES string of the molecule is CC(=O)c1cc2c(cc1NC(=O)Cn1c(C(F)(F)F)ccc(C(N)=O)c1=O)OCO2. The smallest absolute Gasteiger partial charge is 0.431 e. The van der Waals surface area contributed by atoms with Crippen molar-refractivity contribution in [3.63, 3.8) is 0 Å². The Morgan fingerprint density at radius 1 is 1.13 bits per heavy atom.